The Kier molecular flexibility index (Phi) is 4.93. The van der Waals surface area contributed by atoms with Gasteiger partial charge in [-0.25, -0.2) is 0 Å². The molecule has 1 atom stereocenters. The lowest BCUT2D eigenvalue weighted by Gasteiger charge is -2.23. The van der Waals surface area contributed by atoms with Crippen molar-refractivity contribution < 1.29 is 4.79 Å². The number of carbonyl (C=O) groups is 1. The van der Waals surface area contributed by atoms with Crippen LogP contribution >= 0.6 is 0 Å². The van der Waals surface area contributed by atoms with Gasteiger partial charge in [0, 0.05) is 38.4 Å². The van der Waals surface area contributed by atoms with Gasteiger partial charge in [0.05, 0.1) is 11.7 Å². The molecule has 106 valence electrons. The minimum absolute atomic E-state index is 0.0839. The normalized spacial score (nSPS) is 19.4. The first-order valence-electron chi connectivity index (χ1n) is 6.89. The average molecular weight is 265 g/mol. The highest BCUT2D eigenvalue weighted by Gasteiger charge is 2.19. The standard InChI is InChI=1S/C13H23N5O/c1-10-8-11(2)18(17-10)7-3-4-16-13(19)12-9-14-5-6-15-12/h8,12,14-15H,3-7,9H2,1-2H3,(H,16,19). The van der Waals surface area contributed by atoms with E-state index in [-0.39, 0.29) is 11.9 Å². The van der Waals surface area contributed by atoms with E-state index in [1.54, 1.807) is 0 Å². The van der Waals surface area contributed by atoms with E-state index in [0.717, 1.165) is 31.7 Å². The zero-order valence-corrected chi connectivity index (χ0v) is 11.7. The summed E-state index contributed by atoms with van der Waals surface area (Å²) in [6.45, 7) is 8.07. The number of rotatable bonds is 5. The molecular formula is C13H23N5O. The van der Waals surface area contributed by atoms with Gasteiger partial charge in [-0.3, -0.25) is 9.48 Å². The molecule has 1 amide bonds. The lowest BCUT2D eigenvalue weighted by atomic mass is 10.2. The molecule has 0 saturated carbocycles. The number of carbonyl (C=O) groups excluding carboxylic acids is 1. The fourth-order valence-electron chi connectivity index (χ4n) is 2.30. The van der Waals surface area contributed by atoms with Crippen molar-refractivity contribution in [3.05, 3.63) is 17.5 Å². The van der Waals surface area contributed by atoms with Crippen LogP contribution in [-0.2, 0) is 11.3 Å². The molecule has 0 spiro atoms. The maximum absolute atomic E-state index is 11.8. The number of hydrogen-bond donors (Lipinski definition) is 3. The molecule has 6 nitrogen and oxygen atoms in total. The third kappa shape index (κ3) is 4.04. The van der Waals surface area contributed by atoms with E-state index in [1.165, 1.54) is 5.69 Å². The van der Waals surface area contributed by atoms with Gasteiger partial charge in [-0.2, -0.15) is 5.10 Å². The second-order valence-electron chi connectivity index (χ2n) is 5.01. The molecule has 1 aromatic heterocycles. The summed E-state index contributed by atoms with van der Waals surface area (Å²) < 4.78 is 1.99. The Morgan fingerprint density at radius 1 is 1.53 bits per heavy atom. The average Bonchev–Trinajstić information content (AvgIpc) is 2.74. The first kappa shape index (κ1) is 14.0. The minimum atomic E-state index is -0.0950. The number of aryl methyl sites for hydroxylation is 3. The van der Waals surface area contributed by atoms with Crippen LogP contribution in [0.5, 0.6) is 0 Å². The molecule has 1 saturated heterocycles. The predicted molar refractivity (Wildman–Crippen MR) is 74.0 cm³/mol. The molecule has 0 radical (unpaired) electrons. The highest BCUT2D eigenvalue weighted by Crippen LogP contribution is 2.02. The van der Waals surface area contributed by atoms with Crippen LogP contribution in [0, 0.1) is 13.8 Å². The summed E-state index contributed by atoms with van der Waals surface area (Å²) in [6, 6.07) is 1.97. The van der Waals surface area contributed by atoms with E-state index < -0.39 is 0 Å². The van der Waals surface area contributed by atoms with E-state index in [1.807, 2.05) is 11.6 Å². The predicted octanol–water partition coefficient (Wildman–Crippen LogP) is -0.432. The van der Waals surface area contributed by atoms with Gasteiger partial charge in [0.15, 0.2) is 0 Å². The molecule has 1 aliphatic rings. The highest BCUT2D eigenvalue weighted by atomic mass is 16.2. The zero-order valence-electron chi connectivity index (χ0n) is 11.7. The fraction of sp³-hybridized carbons (Fsp3) is 0.692. The number of nitrogens with one attached hydrogen (secondary N) is 3. The Labute approximate surface area is 113 Å². The molecule has 0 aromatic carbocycles. The van der Waals surface area contributed by atoms with Crippen LogP contribution in [0.15, 0.2) is 6.07 Å². The molecular weight excluding hydrogens is 242 g/mol. The lowest BCUT2D eigenvalue weighted by Crippen LogP contribution is -2.55. The van der Waals surface area contributed by atoms with E-state index in [9.17, 15) is 4.79 Å². The van der Waals surface area contributed by atoms with Crippen molar-refractivity contribution in [2.75, 3.05) is 26.2 Å². The lowest BCUT2D eigenvalue weighted by molar-refractivity contribution is -0.123. The summed E-state index contributed by atoms with van der Waals surface area (Å²) in [5.41, 5.74) is 2.21. The smallest absolute Gasteiger partial charge is 0.238 e. The SMILES string of the molecule is Cc1cc(C)n(CCCNC(=O)C2CNCCN2)n1. The van der Waals surface area contributed by atoms with Gasteiger partial charge in [-0.05, 0) is 26.3 Å². The van der Waals surface area contributed by atoms with Crippen LogP contribution in [0.25, 0.3) is 0 Å². The molecule has 3 N–H and O–H groups in total. The van der Waals surface area contributed by atoms with Crippen molar-refractivity contribution in [3.63, 3.8) is 0 Å². The maximum atomic E-state index is 11.8. The Balaban J connectivity index is 1.66. The van der Waals surface area contributed by atoms with E-state index in [0.29, 0.717) is 13.1 Å². The van der Waals surface area contributed by atoms with Gasteiger partial charge in [-0.1, -0.05) is 0 Å². The van der Waals surface area contributed by atoms with Gasteiger partial charge in [0.2, 0.25) is 5.91 Å². The van der Waals surface area contributed by atoms with E-state index in [4.69, 9.17) is 0 Å². The molecule has 6 heteroatoms. The third-order valence-electron chi connectivity index (χ3n) is 3.31. The van der Waals surface area contributed by atoms with Gasteiger partial charge in [0.1, 0.15) is 0 Å². The maximum Gasteiger partial charge on any atom is 0.238 e. The molecule has 2 heterocycles. The van der Waals surface area contributed by atoms with Gasteiger partial charge < -0.3 is 16.0 Å². The van der Waals surface area contributed by atoms with Crippen molar-refractivity contribution in [2.24, 2.45) is 0 Å². The molecule has 0 bridgehead atoms. The van der Waals surface area contributed by atoms with Crippen LogP contribution in [0.3, 0.4) is 0 Å². The van der Waals surface area contributed by atoms with Gasteiger partial charge in [-0.15, -0.1) is 0 Å². The molecule has 19 heavy (non-hydrogen) atoms. The number of aromatic nitrogens is 2. The third-order valence-corrected chi connectivity index (χ3v) is 3.31. The summed E-state index contributed by atoms with van der Waals surface area (Å²) in [5.74, 6) is 0.0839. The number of nitrogens with zero attached hydrogens (tertiary/aromatic N) is 2. The van der Waals surface area contributed by atoms with E-state index in [2.05, 4.69) is 34.0 Å². The second kappa shape index (κ2) is 6.68. The van der Waals surface area contributed by atoms with Crippen LogP contribution < -0.4 is 16.0 Å². The zero-order chi connectivity index (χ0) is 13.7. The quantitative estimate of drug-likeness (QED) is 0.632. The van der Waals surface area contributed by atoms with Crippen LogP contribution in [0.2, 0.25) is 0 Å². The molecule has 1 aromatic rings. The van der Waals surface area contributed by atoms with Crippen LogP contribution in [0.1, 0.15) is 17.8 Å². The summed E-state index contributed by atoms with van der Waals surface area (Å²) >= 11 is 0. The summed E-state index contributed by atoms with van der Waals surface area (Å²) in [6.07, 6.45) is 0.897. The molecule has 1 fully saturated rings. The Morgan fingerprint density at radius 3 is 3.00 bits per heavy atom. The monoisotopic (exact) mass is 265 g/mol. The number of piperazine rings is 1. The Bertz CT molecular complexity index is 423. The largest absolute Gasteiger partial charge is 0.355 e. The minimum Gasteiger partial charge on any atom is -0.355 e. The first-order chi connectivity index (χ1) is 9.16. The Morgan fingerprint density at radius 2 is 2.37 bits per heavy atom. The van der Waals surface area contributed by atoms with E-state index >= 15 is 0 Å². The van der Waals surface area contributed by atoms with Crippen molar-refractivity contribution in [1.29, 1.82) is 0 Å². The van der Waals surface area contributed by atoms with Crippen molar-refractivity contribution in [2.45, 2.75) is 32.9 Å². The van der Waals surface area contributed by atoms with Gasteiger partial charge >= 0.3 is 0 Å². The number of amides is 1. The van der Waals surface area contributed by atoms with Crippen molar-refractivity contribution in [3.8, 4) is 0 Å². The molecule has 0 aliphatic carbocycles. The molecule has 1 unspecified atom stereocenters. The fourth-order valence-corrected chi connectivity index (χ4v) is 2.30. The highest BCUT2D eigenvalue weighted by molar-refractivity contribution is 5.82. The van der Waals surface area contributed by atoms with Crippen LogP contribution in [0.4, 0.5) is 0 Å². The van der Waals surface area contributed by atoms with Crippen molar-refractivity contribution >= 4 is 5.91 Å². The van der Waals surface area contributed by atoms with Gasteiger partial charge in [0.25, 0.3) is 0 Å². The Hall–Kier alpha value is -1.40. The molecule has 2 rings (SSSR count). The van der Waals surface area contributed by atoms with Crippen molar-refractivity contribution in [1.82, 2.24) is 25.7 Å². The van der Waals surface area contributed by atoms with Crippen LogP contribution in [-0.4, -0.2) is 47.9 Å². The summed E-state index contributed by atoms with van der Waals surface area (Å²) in [4.78, 5) is 11.8. The second-order valence-corrected chi connectivity index (χ2v) is 5.01. The first-order valence-corrected chi connectivity index (χ1v) is 6.89. The number of hydrogen-bond acceptors (Lipinski definition) is 4. The summed E-state index contributed by atoms with van der Waals surface area (Å²) in [5, 5.41) is 13.8. The topological polar surface area (TPSA) is 71.0 Å². The summed E-state index contributed by atoms with van der Waals surface area (Å²) in [7, 11) is 0. The molecule has 1 aliphatic heterocycles.